The number of aliphatic imine (C=N–C) groups is 2. The number of aromatic nitrogens is 4. The van der Waals surface area contributed by atoms with Gasteiger partial charge in [-0.05, 0) is 64.3 Å². The van der Waals surface area contributed by atoms with Crippen molar-refractivity contribution in [3.05, 3.63) is 40.1 Å². The lowest BCUT2D eigenvalue weighted by atomic mass is 9.97. The Kier molecular flexibility index (Phi) is 13.2. The topological polar surface area (TPSA) is 210 Å². The number of rotatable bonds is 14. The van der Waals surface area contributed by atoms with Gasteiger partial charge in [-0.25, -0.2) is 9.37 Å². The van der Waals surface area contributed by atoms with Crippen molar-refractivity contribution in [2.24, 2.45) is 15.5 Å². The number of alkyl halides is 1. The van der Waals surface area contributed by atoms with Gasteiger partial charge in [0.25, 0.3) is 5.56 Å². The number of nitrogens with zero attached hydrogens (tertiary/aromatic N) is 5. The first kappa shape index (κ1) is 37.6. The number of allylic oxidation sites excluding steroid dienone is 2. The molecule has 2 fully saturated rings. The molecule has 2 aliphatic rings. The van der Waals surface area contributed by atoms with Crippen molar-refractivity contribution in [1.29, 1.82) is 0 Å². The molecule has 0 bridgehead atoms. The van der Waals surface area contributed by atoms with Crippen LogP contribution in [0.4, 0.5) is 10.3 Å². The molecule has 7 N–H and O–H groups in total. The van der Waals surface area contributed by atoms with Crippen LogP contribution in [0.15, 0.2) is 44.5 Å². The number of nitrogens with two attached hydrogens (primary N) is 2. The van der Waals surface area contributed by atoms with E-state index >= 15 is 4.39 Å². The van der Waals surface area contributed by atoms with Gasteiger partial charge >= 0.3 is 13.7 Å². The molecular weight excluding hydrogens is 691 g/mol. The molecule has 258 valence electrons. The molecule has 2 saturated heterocycles. The largest absolute Gasteiger partial charge is 0.369 e. The second kappa shape index (κ2) is 16.5. The quantitative estimate of drug-likeness (QED) is 0.140. The van der Waals surface area contributed by atoms with Gasteiger partial charge in [-0.3, -0.25) is 28.9 Å². The summed E-state index contributed by atoms with van der Waals surface area (Å²) in [4.78, 5) is 42.6. The zero-order valence-corrected chi connectivity index (χ0v) is 30.1. The maximum atomic E-state index is 15.4. The third-order valence-electron chi connectivity index (χ3n) is 7.74. The predicted octanol–water partition coefficient (Wildman–Crippen LogP) is 3.22. The summed E-state index contributed by atoms with van der Waals surface area (Å²) in [6.45, 7) is 1.70. The van der Waals surface area contributed by atoms with Crippen molar-refractivity contribution < 1.29 is 27.8 Å². The number of imidazole rings is 1. The lowest BCUT2D eigenvalue weighted by Gasteiger charge is -2.26. The molecule has 2 aromatic heterocycles. The van der Waals surface area contributed by atoms with Gasteiger partial charge in [-0.15, -0.1) is 10.6 Å². The van der Waals surface area contributed by atoms with Gasteiger partial charge in [0.1, 0.15) is 12.2 Å². The molecule has 0 aliphatic carbocycles. The SMILES string of the molecule is CC=CN=C(C)CCC(C)=C(C=NC)C1CC(N[P+](N)=S)C(COP(O)(=S)OC2C(F)C(C)OC2n2cnc3c(=O)[nH]c(N)nc32)O1. The second-order valence-corrected chi connectivity index (χ2v) is 16.1. The molecule has 0 radical (unpaired) electrons. The van der Waals surface area contributed by atoms with Gasteiger partial charge in [0.05, 0.1) is 31.2 Å². The number of hydrogen-bond acceptors (Lipinski definition) is 12. The van der Waals surface area contributed by atoms with Crippen LogP contribution >= 0.6 is 13.7 Å². The Morgan fingerprint density at radius 2 is 2.15 bits per heavy atom. The van der Waals surface area contributed by atoms with E-state index in [0.29, 0.717) is 6.42 Å². The molecule has 47 heavy (non-hydrogen) atoms. The van der Waals surface area contributed by atoms with Gasteiger partial charge < -0.3 is 24.6 Å². The Morgan fingerprint density at radius 3 is 2.83 bits per heavy atom. The molecule has 2 aliphatic heterocycles. The Balaban J connectivity index is 1.50. The third kappa shape index (κ3) is 9.49. The highest BCUT2D eigenvalue weighted by molar-refractivity contribution is 8.07. The standard InChI is InChI=1S/C27H40FN9O6P2S2/c1-6-9-32-15(3)8-7-14(2)17(11-31-5)19-10-18(36-44(30)46)20(42-19)12-40-45(39,47)43-23-21(28)16(4)41-26(23)37-13-33-22-24(37)34-27(29)35-25(22)38/h6,9,11,13,16,18-21,23,26H,7-8,10,12H2,1-5H3,(H6-,29,30,34,35,36,38,39,46,47)/p+1. The van der Waals surface area contributed by atoms with Crippen LogP contribution in [0.1, 0.15) is 53.2 Å². The lowest BCUT2D eigenvalue weighted by Crippen LogP contribution is -2.36. The number of aromatic amines is 1. The first-order valence-electron chi connectivity index (χ1n) is 14.8. The van der Waals surface area contributed by atoms with E-state index < -0.39 is 50.0 Å². The van der Waals surface area contributed by atoms with E-state index in [9.17, 15) is 9.69 Å². The van der Waals surface area contributed by atoms with Crippen LogP contribution in [-0.2, 0) is 42.1 Å². The van der Waals surface area contributed by atoms with E-state index in [1.807, 2.05) is 26.8 Å². The number of halogens is 1. The molecule has 0 amide bonds. The molecule has 15 nitrogen and oxygen atoms in total. The Labute approximate surface area is 282 Å². The Morgan fingerprint density at radius 1 is 1.40 bits per heavy atom. The number of nitrogens with one attached hydrogen (secondary N) is 2. The molecule has 9 atom stereocenters. The van der Waals surface area contributed by atoms with Crippen molar-refractivity contribution in [3.8, 4) is 0 Å². The fraction of sp³-hybridized carbons (Fsp3) is 0.593. The summed E-state index contributed by atoms with van der Waals surface area (Å²) in [5.74, 6) is -0.162. The Bertz CT molecular complexity index is 1690. The normalized spacial score (nSPS) is 29.2. The first-order valence-corrected chi connectivity index (χ1v) is 19.8. The molecule has 0 aromatic carbocycles. The summed E-state index contributed by atoms with van der Waals surface area (Å²) in [5, 5.41) is 3.18. The summed E-state index contributed by atoms with van der Waals surface area (Å²) >= 11 is 10.6. The number of anilines is 1. The molecule has 2 aromatic rings. The Hall–Kier alpha value is -2.21. The minimum atomic E-state index is -4.09. The van der Waals surface area contributed by atoms with Crippen LogP contribution in [-0.4, -0.2) is 86.6 Å². The second-order valence-electron chi connectivity index (χ2n) is 11.2. The molecule has 0 spiro atoms. The summed E-state index contributed by atoms with van der Waals surface area (Å²) in [5.41, 5.74) is 14.1. The van der Waals surface area contributed by atoms with E-state index in [4.69, 9.17) is 53.4 Å². The zero-order chi connectivity index (χ0) is 34.5. The maximum Gasteiger partial charge on any atom is 0.358 e. The van der Waals surface area contributed by atoms with Crippen molar-refractivity contribution in [2.45, 2.75) is 89.8 Å². The van der Waals surface area contributed by atoms with Crippen molar-refractivity contribution in [1.82, 2.24) is 24.6 Å². The molecule has 0 saturated carbocycles. The van der Waals surface area contributed by atoms with Crippen molar-refractivity contribution in [2.75, 3.05) is 19.4 Å². The fourth-order valence-corrected chi connectivity index (χ4v) is 7.81. The van der Waals surface area contributed by atoms with Crippen LogP contribution < -0.4 is 21.9 Å². The minimum absolute atomic E-state index is 0.0297. The zero-order valence-electron chi connectivity index (χ0n) is 26.6. The van der Waals surface area contributed by atoms with E-state index in [0.717, 1.165) is 29.7 Å². The average molecular weight is 733 g/mol. The highest BCUT2D eigenvalue weighted by atomic mass is 32.5. The van der Waals surface area contributed by atoms with Crippen LogP contribution in [0.25, 0.3) is 11.2 Å². The lowest BCUT2D eigenvalue weighted by molar-refractivity contribution is -0.0302. The van der Waals surface area contributed by atoms with Crippen LogP contribution in [0.5, 0.6) is 0 Å². The fourth-order valence-electron chi connectivity index (χ4n) is 5.40. The van der Waals surface area contributed by atoms with Gasteiger partial charge in [-0.1, -0.05) is 11.6 Å². The molecular formula is C27H41FN9O6P2S2+. The van der Waals surface area contributed by atoms with Gasteiger partial charge in [-0.2, -0.15) is 4.98 Å². The summed E-state index contributed by atoms with van der Waals surface area (Å²) in [6, 6.07) is -0.335. The van der Waals surface area contributed by atoms with E-state index in [-0.39, 0.29) is 35.9 Å². The van der Waals surface area contributed by atoms with Gasteiger partial charge in [0.15, 0.2) is 23.6 Å². The monoisotopic (exact) mass is 732 g/mol. The number of nitrogen functional groups attached to an aromatic ring is 1. The average Bonchev–Trinajstić information content (AvgIpc) is 3.68. The van der Waals surface area contributed by atoms with E-state index in [2.05, 4.69) is 30.0 Å². The van der Waals surface area contributed by atoms with Gasteiger partial charge in [0.2, 0.25) is 17.8 Å². The number of ether oxygens (including phenoxy) is 2. The molecule has 4 heterocycles. The summed E-state index contributed by atoms with van der Waals surface area (Å²) in [7, 11) is 1.69. The van der Waals surface area contributed by atoms with Crippen molar-refractivity contribution >= 4 is 66.4 Å². The summed E-state index contributed by atoms with van der Waals surface area (Å²) < 4.78 is 40.4. The third-order valence-corrected chi connectivity index (χ3v) is 10.2. The highest BCUT2D eigenvalue weighted by Gasteiger charge is 2.48. The summed E-state index contributed by atoms with van der Waals surface area (Å²) in [6.07, 6.45) is 2.41. The minimum Gasteiger partial charge on any atom is -0.369 e. The van der Waals surface area contributed by atoms with Crippen LogP contribution in [0, 0.1) is 0 Å². The van der Waals surface area contributed by atoms with E-state index in [1.54, 1.807) is 19.5 Å². The van der Waals surface area contributed by atoms with E-state index in [1.165, 1.54) is 17.8 Å². The predicted molar refractivity (Wildman–Crippen MR) is 187 cm³/mol. The van der Waals surface area contributed by atoms with Crippen molar-refractivity contribution in [3.63, 3.8) is 0 Å². The molecule has 4 rings (SSSR count). The number of hydrogen-bond donors (Lipinski definition) is 5. The maximum absolute atomic E-state index is 15.4. The van der Waals surface area contributed by atoms with Crippen LogP contribution in [0.2, 0.25) is 0 Å². The smallest absolute Gasteiger partial charge is 0.358 e. The number of fused-ring (bicyclic) bond motifs is 1. The molecule has 20 heteroatoms. The number of H-pyrrole nitrogens is 1. The first-order chi connectivity index (χ1) is 22.2. The molecule has 9 unspecified atom stereocenters. The van der Waals surface area contributed by atoms with Crippen LogP contribution in [0.3, 0.4) is 0 Å². The highest BCUT2D eigenvalue weighted by Crippen LogP contribution is 2.50. The van der Waals surface area contributed by atoms with Gasteiger partial charge in [0, 0.05) is 25.2 Å².